The van der Waals surface area contributed by atoms with Crippen LogP contribution < -0.4 is 10.6 Å². The minimum atomic E-state index is -4.48. The normalized spacial score (nSPS) is 20.2. The van der Waals surface area contributed by atoms with Gasteiger partial charge in [0.15, 0.2) is 0 Å². The summed E-state index contributed by atoms with van der Waals surface area (Å²) in [5, 5.41) is 6.06. The molecule has 1 unspecified atom stereocenters. The highest BCUT2D eigenvalue weighted by atomic mass is 19.4. The van der Waals surface area contributed by atoms with Crippen LogP contribution in [0.15, 0.2) is 18.3 Å². The molecule has 2 N–H and O–H groups in total. The highest BCUT2D eigenvalue weighted by molar-refractivity contribution is 5.94. The van der Waals surface area contributed by atoms with Crippen LogP contribution in [0.2, 0.25) is 0 Å². The summed E-state index contributed by atoms with van der Waals surface area (Å²) in [6.45, 7) is 1.75. The lowest BCUT2D eigenvalue weighted by Crippen LogP contribution is -2.35. The zero-order valence-electron chi connectivity index (χ0n) is 10.8. The van der Waals surface area contributed by atoms with Crippen LogP contribution in [0.4, 0.5) is 13.2 Å². The van der Waals surface area contributed by atoms with E-state index >= 15 is 0 Å². The van der Waals surface area contributed by atoms with E-state index in [9.17, 15) is 18.0 Å². The maximum Gasteiger partial charge on any atom is 0.433 e. The molecule has 7 heteroatoms. The lowest BCUT2D eigenvalue weighted by atomic mass is 10.1. The molecule has 1 saturated heterocycles. The Hall–Kier alpha value is -1.63. The van der Waals surface area contributed by atoms with Crippen LogP contribution in [-0.4, -0.2) is 30.0 Å². The predicted octanol–water partition coefficient (Wildman–Crippen LogP) is 1.97. The maximum atomic E-state index is 12.4. The van der Waals surface area contributed by atoms with Crippen LogP contribution in [0, 0.1) is 0 Å². The molecule has 1 aliphatic rings. The Balaban J connectivity index is 1.98. The summed E-state index contributed by atoms with van der Waals surface area (Å²) in [7, 11) is 0. The van der Waals surface area contributed by atoms with Gasteiger partial charge in [0.05, 0.1) is 5.56 Å². The molecule has 20 heavy (non-hydrogen) atoms. The van der Waals surface area contributed by atoms with Crippen molar-refractivity contribution in [2.45, 2.75) is 31.5 Å². The van der Waals surface area contributed by atoms with E-state index in [2.05, 4.69) is 15.6 Å². The molecule has 2 heterocycles. The van der Waals surface area contributed by atoms with E-state index in [4.69, 9.17) is 0 Å². The first-order chi connectivity index (χ1) is 9.47. The number of pyridine rings is 1. The molecule has 1 fully saturated rings. The van der Waals surface area contributed by atoms with E-state index in [1.165, 1.54) is 0 Å². The molecule has 1 amide bonds. The summed E-state index contributed by atoms with van der Waals surface area (Å²) < 4.78 is 37.1. The number of amides is 1. The van der Waals surface area contributed by atoms with Gasteiger partial charge in [-0.2, -0.15) is 13.2 Å². The number of alkyl halides is 3. The first-order valence-electron chi connectivity index (χ1n) is 6.51. The van der Waals surface area contributed by atoms with E-state index < -0.39 is 11.9 Å². The van der Waals surface area contributed by atoms with Crippen LogP contribution in [-0.2, 0) is 6.18 Å². The summed E-state index contributed by atoms with van der Waals surface area (Å²) in [5.74, 6) is -0.377. The van der Waals surface area contributed by atoms with Crippen LogP contribution in [0.5, 0.6) is 0 Å². The van der Waals surface area contributed by atoms with Crippen molar-refractivity contribution in [1.29, 1.82) is 0 Å². The van der Waals surface area contributed by atoms with E-state index in [0.717, 1.165) is 50.7 Å². The van der Waals surface area contributed by atoms with Crippen molar-refractivity contribution in [2.75, 3.05) is 13.1 Å². The minimum absolute atomic E-state index is 0.0554. The van der Waals surface area contributed by atoms with Crippen LogP contribution in [0.25, 0.3) is 0 Å². The van der Waals surface area contributed by atoms with Gasteiger partial charge in [-0.15, -0.1) is 0 Å². The number of nitrogens with one attached hydrogen (secondary N) is 2. The largest absolute Gasteiger partial charge is 0.433 e. The van der Waals surface area contributed by atoms with Crippen molar-refractivity contribution in [1.82, 2.24) is 15.6 Å². The van der Waals surface area contributed by atoms with Crippen molar-refractivity contribution >= 4 is 5.91 Å². The quantitative estimate of drug-likeness (QED) is 0.874. The second-order valence-corrected chi connectivity index (χ2v) is 4.78. The molecule has 0 spiro atoms. The second-order valence-electron chi connectivity index (χ2n) is 4.78. The van der Waals surface area contributed by atoms with Gasteiger partial charge in [-0.1, -0.05) is 0 Å². The number of rotatable bonds is 2. The Kier molecular flexibility index (Phi) is 4.59. The number of hydrogen-bond donors (Lipinski definition) is 2. The number of nitrogens with zero attached hydrogens (tertiary/aromatic N) is 1. The second kappa shape index (κ2) is 6.21. The van der Waals surface area contributed by atoms with Gasteiger partial charge in [0.1, 0.15) is 5.69 Å². The molecule has 0 aromatic carbocycles. The minimum Gasteiger partial charge on any atom is -0.349 e. The third-order valence-corrected chi connectivity index (χ3v) is 3.23. The van der Waals surface area contributed by atoms with Crippen molar-refractivity contribution in [3.63, 3.8) is 0 Å². The number of hydrogen-bond acceptors (Lipinski definition) is 3. The smallest absolute Gasteiger partial charge is 0.349 e. The summed E-state index contributed by atoms with van der Waals surface area (Å²) in [6.07, 6.45) is -0.863. The topological polar surface area (TPSA) is 54.0 Å². The van der Waals surface area contributed by atoms with Gasteiger partial charge in [0.2, 0.25) is 0 Å². The van der Waals surface area contributed by atoms with Gasteiger partial charge in [-0.25, -0.2) is 0 Å². The van der Waals surface area contributed by atoms with E-state index in [0.29, 0.717) is 0 Å². The van der Waals surface area contributed by atoms with Gasteiger partial charge in [-0.3, -0.25) is 9.78 Å². The van der Waals surface area contributed by atoms with Crippen molar-refractivity contribution in [3.8, 4) is 0 Å². The zero-order valence-corrected chi connectivity index (χ0v) is 10.8. The molecule has 1 aromatic heterocycles. The summed E-state index contributed by atoms with van der Waals surface area (Å²) in [6, 6.07) is 2.03. The van der Waals surface area contributed by atoms with Crippen molar-refractivity contribution < 1.29 is 18.0 Å². The summed E-state index contributed by atoms with van der Waals surface area (Å²) in [5.41, 5.74) is -0.845. The maximum absolute atomic E-state index is 12.4. The molecule has 4 nitrogen and oxygen atoms in total. The molecule has 1 aliphatic heterocycles. The monoisotopic (exact) mass is 287 g/mol. The molecular formula is C13H16F3N3O. The SMILES string of the molecule is O=C(NC1CCCNCC1)c1ccc(C(F)(F)F)nc1. The standard InChI is InChI=1S/C13H16F3N3O/c14-13(15,16)11-4-3-9(8-18-11)12(20)19-10-2-1-6-17-7-5-10/h3-4,8,10,17H,1-2,5-7H2,(H,19,20). The van der Waals surface area contributed by atoms with E-state index in [-0.39, 0.29) is 17.5 Å². The van der Waals surface area contributed by atoms with Crippen molar-refractivity contribution in [3.05, 3.63) is 29.6 Å². The number of carbonyl (C=O) groups is 1. The fourth-order valence-corrected chi connectivity index (χ4v) is 2.13. The average Bonchev–Trinajstić information content (AvgIpc) is 2.66. The zero-order chi connectivity index (χ0) is 14.6. The molecule has 0 bridgehead atoms. The van der Waals surface area contributed by atoms with Crippen molar-refractivity contribution in [2.24, 2.45) is 0 Å². The molecular weight excluding hydrogens is 271 g/mol. The third-order valence-electron chi connectivity index (χ3n) is 3.23. The summed E-state index contributed by atoms with van der Waals surface area (Å²) >= 11 is 0. The Bertz CT molecular complexity index is 451. The number of halogens is 3. The van der Waals surface area contributed by atoms with Crippen LogP contribution in [0.3, 0.4) is 0 Å². The lowest BCUT2D eigenvalue weighted by Gasteiger charge is -2.16. The highest BCUT2D eigenvalue weighted by Gasteiger charge is 2.32. The Morgan fingerprint density at radius 3 is 2.75 bits per heavy atom. The van der Waals surface area contributed by atoms with Gasteiger partial charge in [0.25, 0.3) is 5.91 Å². The van der Waals surface area contributed by atoms with Gasteiger partial charge in [0, 0.05) is 12.2 Å². The fraction of sp³-hybridized carbons (Fsp3) is 0.538. The lowest BCUT2D eigenvalue weighted by molar-refractivity contribution is -0.141. The first-order valence-corrected chi connectivity index (χ1v) is 6.51. The van der Waals surface area contributed by atoms with Gasteiger partial charge in [-0.05, 0) is 44.5 Å². The Morgan fingerprint density at radius 2 is 2.10 bits per heavy atom. The Labute approximate surface area is 114 Å². The Morgan fingerprint density at radius 1 is 1.30 bits per heavy atom. The molecule has 0 saturated carbocycles. The molecule has 0 aliphatic carbocycles. The van der Waals surface area contributed by atoms with Gasteiger partial charge >= 0.3 is 6.18 Å². The molecule has 110 valence electrons. The third kappa shape index (κ3) is 3.93. The van der Waals surface area contributed by atoms with Crippen LogP contribution in [0.1, 0.15) is 35.3 Å². The molecule has 1 atom stereocenters. The van der Waals surface area contributed by atoms with E-state index in [1.807, 2.05) is 0 Å². The van der Waals surface area contributed by atoms with Gasteiger partial charge < -0.3 is 10.6 Å². The molecule has 2 rings (SSSR count). The number of aromatic nitrogens is 1. The number of carbonyl (C=O) groups excluding carboxylic acids is 1. The average molecular weight is 287 g/mol. The summed E-state index contributed by atoms with van der Waals surface area (Å²) in [4.78, 5) is 15.2. The first kappa shape index (κ1) is 14.8. The molecule has 1 aromatic rings. The molecule has 0 radical (unpaired) electrons. The van der Waals surface area contributed by atoms with E-state index in [1.54, 1.807) is 0 Å². The fourth-order valence-electron chi connectivity index (χ4n) is 2.13. The van der Waals surface area contributed by atoms with Crippen LogP contribution >= 0.6 is 0 Å². The highest BCUT2D eigenvalue weighted by Crippen LogP contribution is 2.27. The predicted molar refractivity (Wildman–Crippen MR) is 67.2 cm³/mol.